The second-order valence-electron chi connectivity index (χ2n) is 11.2. The molecule has 0 aliphatic carbocycles. The molecule has 6 nitrogen and oxygen atoms in total. The number of ether oxygens (including phenoxy) is 2. The third-order valence-corrected chi connectivity index (χ3v) is 13.6. The fourth-order valence-corrected chi connectivity index (χ4v) is 10.2. The zero-order valence-electron chi connectivity index (χ0n) is 23.4. The molecule has 1 N–H and O–H groups in total. The quantitative estimate of drug-likeness (QED) is 0.348. The summed E-state index contributed by atoms with van der Waals surface area (Å²) in [6.07, 6.45) is 0.177. The number of rotatable bonds is 9. The van der Waals surface area contributed by atoms with E-state index in [4.69, 9.17) is 9.47 Å². The Bertz CT molecular complexity index is 1040. The van der Waals surface area contributed by atoms with Gasteiger partial charge in [0.2, 0.25) is 0 Å². The molecule has 0 saturated heterocycles. The Labute approximate surface area is 227 Å². The van der Waals surface area contributed by atoms with Crippen molar-refractivity contribution in [3.8, 4) is 5.75 Å². The molecule has 1 aliphatic rings. The maximum atomic E-state index is 13.6. The molecule has 2 amide bonds. The predicted molar refractivity (Wildman–Crippen MR) is 150 cm³/mol. The molecule has 3 rings (SSSR count). The second-order valence-corrected chi connectivity index (χ2v) is 18.6. The van der Waals surface area contributed by atoms with Crippen LogP contribution in [-0.4, -0.2) is 50.2 Å². The summed E-state index contributed by atoms with van der Waals surface area (Å²) in [6.45, 7) is 16.2. The van der Waals surface area contributed by atoms with Crippen molar-refractivity contribution in [1.29, 1.82) is 0 Å². The Morgan fingerprint density at radius 1 is 1.05 bits per heavy atom. The first-order chi connectivity index (χ1) is 17.5. The average Bonchev–Trinajstić information content (AvgIpc) is 2.83. The van der Waals surface area contributed by atoms with Crippen LogP contribution in [0.25, 0.3) is 0 Å². The summed E-state index contributed by atoms with van der Waals surface area (Å²) in [7, 11) is 0. The van der Waals surface area contributed by atoms with Crippen molar-refractivity contribution < 1.29 is 19.1 Å². The number of carbonyl (C=O) groups is 2. The summed E-state index contributed by atoms with van der Waals surface area (Å²) in [5.74, 6) is 0.613. The van der Waals surface area contributed by atoms with Crippen LogP contribution in [0, 0.1) is 0 Å². The molecule has 1 unspecified atom stereocenters. The van der Waals surface area contributed by atoms with Gasteiger partial charge in [0, 0.05) is 0 Å². The Balaban J connectivity index is 1.79. The third-order valence-electron chi connectivity index (χ3n) is 6.46. The molecule has 1 aliphatic heterocycles. The average molecular weight is 571 g/mol. The van der Waals surface area contributed by atoms with Crippen molar-refractivity contribution in [3.05, 3.63) is 65.2 Å². The van der Waals surface area contributed by atoms with Crippen molar-refractivity contribution in [2.45, 2.75) is 87.8 Å². The first-order valence-corrected chi connectivity index (χ1v) is 16.8. The summed E-state index contributed by atoms with van der Waals surface area (Å²) in [6, 6.07) is 15.1. The SMILES string of the molecule is CC(C)[As](CCNC(=O)C1c2ccc(OCc3ccccc3)cc2CCN1C(=O)OC(C)(C)C)C(C)C. The first-order valence-electron chi connectivity index (χ1n) is 13.3. The zero-order chi connectivity index (χ0) is 27.2. The number of nitrogens with zero attached hydrogens (tertiary/aromatic N) is 1. The zero-order valence-corrected chi connectivity index (χ0v) is 25.3. The number of hydrogen-bond donors (Lipinski definition) is 1. The fourth-order valence-electron chi connectivity index (χ4n) is 4.75. The number of fused-ring (bicyclic) bond motifs is 1. The van der Waals surface area contributed by atoms with Crippen LogP contribution in [0.4, 0.5) is 4.79 Å². The van der Waals surface area contributed by atoms with Crippen LogP contribution in [0.15, 0.2) is 48.5 Å². The Kier molecular flexibility index (Phi) is 10.1. The van der Waals surface area contributed by atoms with E-state index in [1.165, 1.54) is 0 Å². The van der Waals surface area contributed by atoms with Gasteiger partial charge in [-0.15, -0.1) is 0 Å². The molecule has 0 fully saturated rings. The van der Waals surface area contributed by atoms with E-state index in [0.29, 0.717) is 35.5 Å². The molecule has 0 saturated carbocycles. The molecular formula is C30H43AsN2O4. The van der Waals surface area contributed by atoms with Crippen LogP contribution in [0.1, 0.15) is 71.2 Å². The van der Waals surface area contributed by atoms with Gasteiger partial charge in [-0.2, -0.15) is 0 Å². The predicted octanol–water partition coefficient (Wildman–Crippen LogP) is 6.53. The molecule has 1 heterocycles. The van der Waals surface area contributed by atoms with Gasteiger partial charge in [-0.25, -0.2) is 0 Å². The third kappa shape index (κ3) is 8.26. The molecule has 0 aromatic heterocycles. The minimum absolute atomic E-state index is 0.147. The van der Waals surface area contributed by atoms with E-state index in [9.17, 15) is 9.59 Å². The molecule has 7 heteroatoms. The van der Waals surface area contributed by atoms with E-state index in [-0.39, 0.29) is 5.91 Å². The Hall–Kier alpha value is -2.46. The monoisotopic (exact) mass is 570 g/mol. The molecule has 0 radical (unpaired) electrons. The van der Waals surface area contributed by atoms with Crippen LogP contribution in [-0.2, 0) is 22.6 Å². The molecule has 0 bridgehead atoms. The van der Waals surface area contributed by atoms with Gasteiger partial charge in [-0.05, 0) is 0 Å². The summed E-state index contributed by atoms with van der Waals surface area (Å²) < 4.78 is 13.1. The molecule has 202 valence electrons. The van der Waals surface area contributed by atoms with Crippen molar-refractivity contribution >= 4 is 26.7 Å². The van der Waals surface area contributed by atoms with Gasteiger partial charge < -0.3 is 0 Å². The Morgan fingerprint density at radius 2 is 1.73 bits per heavy atom. The van der Waals surface area contributed by atoms with Gasteiger partial charge >= 0.3 is 197 Å². The maximum absolute atomic E-state index is 13.6. The molecule has 2 aromatic rings. The van der Waals surface area contributed by atoms with E-state index in [1.807, 2.05) is 69.3 Å². The van der Waals surface area contributed by atoms with Crippen molar-refractivity contribution in [3.63, 3.8) is 0 Å². The first kappa shape index (κ1) is 29.1. The topological polar surface area (TPSA) is 67.9 Å². The number of amides is 2. The Morgan fingerprint density at radius 3 is 2.35 bits per heavy atom. The van der Waals surface area contributed by atoms with E-state index >= 15 is 0 Å². The molecule has 2 aromatic carbocycles. The minimum atomic E-state index is -1.07. The van der Waals surface area contributed by atoms with Crippen LogP contribution in [0.3, 0.4) is 0 Å². The molecule has 1 atom stereocenters. The molecular weight excluding hydrogens is 527 g/mol. The molecule has 0 spiro atoms. The van der Waals surface area contributed by atoms with Gasteiger partial charge in [-0.3, -0.25) is 0 Å². The van der Waals surface area contributed by atoms with Crippen molar-refractivity contribution in [2.75, 3.05) is 13.1 Å². The normalized spacial score (nSPS) is 15.6. The number of nitrogens with one attached hydrogen (secondary N) is 1. The van der Waals surface area contributed by atoms with Crippen molar-refractivity contribution in [2.24, 2.45) is 0 Å². The summed E-state index contributed by atoms with van der Waals surface area (Å²) in [5.41, 5.74) is 2.33. The van der Waals surface area contributed by atoms with E-state index in [0.717, 1.165) is 27.6 Å². The standard InChI is InChI=1S/C30H43AsN2O4/c1-21(2)31(22(3)4)16-17-32-28(34)27-26-14-13-25(36-20-23-11-9-8-10-12-23)19-24(26)15-18-33(27)29(35)37-30(5,6)7/h8-14,19,21-22,27H,15-18,20H2,1-7H3,(H,32,34). The number of benzene rings is 2. The molecule has 37 heavy (non-hydrogen) atoms. The van der Waals surface area contributed by atoms with Crippen LogP contribution in [0.2, 0.25) is 14.6 Å². The number of carbonyl (C=O) groups excluding carboxylic acids is 2. The van der Waals surface area contributed by atoms with Gasteiger partial charge in [0.05, 0.1) is 0 Å². The van der Waals surface area contributed by atoms with Gasteiger partial charge in [0.15, 0.2) is 0 Å². The van der Waals surface area contributed by atoms with Gasteiger partial charge in [0.25, 0.3) is 0 Å². The van der Waals surface area contributed by atoms with Gasteiger partial charge in [-0.1, -0.05) is 30.3 Å². The van der Waals surface area contributed by atoms with Crippen LogP contribution >= 0.6 is 0 Å². The fraction of sp³-hybridized carbons (Fsp3) is 0.533. The number of hydrogen-bond acceptors (Lipinski definition) is 4. The second kappa shape index (κ2) is 12.9. The summed E-state index contributed by atoms with van der Waals surface area (Å²) in [5, 5.41) is 4.21. The van der Waals surface area contributed by atoms with E-state index in [1.54, 1.807) is 4.90 Å². The van der Waals surface area contributed by atoms with Gasteiger partial charge in [0.1, 0.15) is 0 Å². The van der Waals surface area contributed by atoms with Crippen LogP contribution < -0.4 is 10.1 Å². The summed E-state index contributed by atoms with van der Waals surface area (Å²) >= 11 is -1.07. The summed E-state index contributed by atoms with van der Waals surface area (Å²) in [4.78, 5) is 28.3. The van der Waals surface area contributed by atoms with Crippen molar-refractivity contribution in [1.82, 2.24) is 10.2 Å². The van der Waals surface area contributed by atoms with E-state index in [2.05, 4.69) is 33.0 Å². The van der Waals surface area contributed by atoms with E-state index < -0.39 is 32.4 Å². The van der Waals surface area contributed by atoms with Crippen LogP contribution in [0.5, 0.6) is 5.75 Å².